The van der Waals surface area contributed by atoms with Crippen molar-refractivity contribution in [2.75, 3.05) is 12.0 Å². The molecule has 3 aromatic carbocycles. The molecule has 0 saturated carbocycles. The van der Waals surface area contributed by atoms with Crippen molar-refractivity contribution in [1.29, 1.82) is 0 Å². The summed E-state index contributed by atoms with van der Waals surface area (Å²) < 4.78 is 12.4. The van der Waals surface area contributed by atoms with Gasteiger partial charge in [-0.15, -0.1) is 0 Å². The third-order valence-electron chi connectivity index (χ3n) is 6.21. The van der Waals surface area contributed by atoms with E-state index in [1.165, 1.54) is 0 Å². The van der Waals surface area contributed by atoms with Crippen molar-refractivity contribution < 1.29 is 19.1 Å². The van der Waals surface area contributed by atoms with Crippen LogP contribution in [0.2, 0.25) is 0 Å². The second kappa shape index (κ2) is 8.68. The van der Waals surface area contributed by atoms with Crippen LogP contribution in [0.4, 0.5) is 10.5 Å². The molecule has 5 rings (SSSR count). The molecule has 0 spiro atoms. The van der Waals surface area contributed by atoms with Crippen LogP contribution in [0, 0.1) is 0 Å². The van der Waals surface area contributed by atoms with Gasteiger partial charge >= 0.3 is 6.03 Å². The first kappa shape index (κ1) is 22.3. The number of nitrogens with one attached hydrogen (secondary N) is 2. The molecule has 2 N–H and O–H groups in total. The monoisotopic (exact) mass is 521 g/mol. The lowest BCUT2D eigenvalue weighted by molar-refractivity contribution is 0.0378. The van der Waals surface area contributed by atoms with Crippen LogP contribution in [0.5, 0.6) is 11.5 Å². The first-order chi connectivity index (χ1) is 16.4. The van der Waals surface area contributed by atoms with Crippen molar-refractivity contribution in [2.24, 2.45) is 0 Å². The van der Waals surface area contributed by atoms with Gasteiger partial charge in [0.2, 0.25) is 0 Å². The number of carbonyl (C=O) groups is 2. The molecule has 0 aromatic heterocycles. The third kappa shape index (κ3) is 4.09. The molecule has 3 amide bonds. The lowest BCUT2D eigenvalue weighted by Crippen LogP contribution is -2.65. The van der Waals surface area contributed by atoms with Gasteiger partial charge in [0.05, 0.1) is 18.8 Å². The molecular weight excluding hydrogens is 498 g/mol. The van der Waals surface area contributed by atoms with E-state index in [0.29, 0.717) is 24.2 Å². The van der Waals surface area contributed by atoms with Gasteiger partial charge < -0.3 is 20.1 Å². The Labute approximate surface area is 206 Å². The Kier molecular flexibility index (Phi) is 5.69. The van der Waals surface area contributed by atoms with Crippen molar-refractivity contribution in [1.82, 2.24) is 10.6 Å². The highest BCUT2D eigenvalue weighted by Gasteiger charge is 2.49. The standard InChI is InChI=1S/C26H24BrN3O4/c1-26-14-22(21-13-18(27)8-11-23(21)34-26)29-25(32)30(26)19-5-3-4-17(12-19)24(31)28-15-16-6-9-20(33-2)10-7-16/h3-13,22H,14-15H2,1-2H3,(H,28,31)(H,29,32). The molecule has 2 aliphatic rings. The molecule has 8 heteroatoms. The number of hydrogen-bond acceptors (Lipinski definition) is 4. The molecule has 2 bridgehead atoms. The predicted molar refractivity (Wildman–Crippen MR) is 132 cm³/mol. The normalized spacial score (nSPS) is 20.6. The lowest BCUT2D eigenvalue weighted by atomic mass is 9.90. The number of methoxy groups -OCH3 is 1. The van der Waals surface area contributed by atoms with Crippen LogP contribution >= 0.6 is 15.9 Å². The summed E-state index contributed by atoms with van der Waals surface area (Å²) in [4.78, 5) is 27.6. The van der Waals surface area contributed by atoms with Crippen molar-refractivity contribution >= 4 is 33.6 Å². The molecule has 2 heterocycles. The molecule has 0 radical (unpaired) electrons. The summed E-state index contributed by atoms with van der Waals surface area (Å²) >= 11 is 3.49. The Balaban J connectivity index is 1.36. The molecule has 0 aliphatic carbocycles. The van der Waals surface area contributed by atoms with Crippen molar-refractivity contribution in [3.05, 3.63) is 87.9 Å². The van der Waals surface area contributed by atoms with E-state index in [-0.39, 0.29) is 18.0 Å². The van der Waals surface area contributed by atoms with Crippen molar-refractivity contribution in [2.45, 2.75) is 31.7 Å². The number of anilines is 1. The Hall–Kier alpha value is -3.52. The third-order valence-corrected chi connectivity index (χ3v) is 6.71. The van der Waals surface area contributed by atoms with Crippen LogP contribution in [0.15, 0.2) is 71.2 Å². The van der Waals surface area contributed by atoms with Gasteiger partial charge in [-0.1, -0.05) is 34.1 Å². The second-order valence-corrected chi connectivity index (χ2v) is 9.50. The quantitative estimate of drug-likeness (QED) is 0.486. The lowest BCUT2D eigenvalue weighted by Gasteiger charge is -2.50. The number of fused-ring (bicyclic) bond motifs is 4. The zero-order valence-electron chi connectivity index (χ0n) is 18.8. The van der Waals surface area contributed by atoms with Crippen molar-refractivity contribution in [3.8, 4) is 11.5 Å². The van der Waals surface area contributed by atoms with Gasteiger partial charge in [0.1, 0.15) is 11.5 Å². The number of rotatable bonds is 5. The first-order valence-electron chi connectivity index (χ1n) is 11.0. The van der Waals surface area contributed by atoms with Crippen LogP contribution in [0.25, 0.3) is 0 Å². The maximum Gasteiger partial charge on any atom is 0.325 e. The molecule has 1 fully saturated rings. The first-order valence-corrected chi connectivity index (χ1v) is 11.8. The Morgan fingerprint density at radius 1 is 1.21 bits per heavy atom. The van der Waals surface area contributed by atoms with Gasteiger partial charge in [-0.3, -0.25) is 9.69 Å². The van der Waals surface area contributed by atoms with Crippen LogP contribution in [0.1, 0.15) is 40.9 Å². The van der Waals surface area contributed by atoms with Crippen LogP contribution < -0.4 is 25.0 Å². The maximum absolute atomic E-state index is 13.2. The molecule has 7 nitrogen and oxygen atoms in total. The zero-order chi connectivity index (χ0) is 23.9. The van der Waals surface area contributed by atoms with Gasteiger partial charge in [0.15, 0.2) is 5.72 Å². The van der Waals surface area contributed by atoms with E-state index >= 15 is 0 Å². The minimum absolute atomic E-state index is 0.147. The van der Waals surface area contributed by atoms with E-state index in [1.54, 1.807) is 30.2 Å². The Morgan fingerprint density at radius 3 is 2.76 bits per heavy atom. The highest BCUT2D eigenvalue weighted by atomic mass is 79.9. The van der Waals surface area contributed by atoms with E-state index < -0.39 is 5.72 Å². The van der Waals surface area contributed by atoms with Crippen LogP contribution in [-0.4, -0.2) is 24.8 Å². The van der Waals surface area contributed by atoms with Gasteiger partial charge in [-0.25, -0.2) is 4.79 Å². The van der Waals surface area contributed by atoms with E-state index in [1.807, 2.05) is 55.5 Å². The maximum atomic E-state index is 13.2. The summed E-state index contributed by atoms with van der Waals surface area (Å²) in [5.74, 6) is 1.27. The summed E-state index contributed by atoms with van der Waals surface area (Å²) in [5.41, 5.74) is 2.08. The average molecular weight is 522 g/mol. The topological polar surface area (TPSA) is 79.9 Å². The molecule has 3 aromatic rings. The minimum Gasteiger partial charge on any atom is -0.497 e. The number of amides is 3. The van der Waals surface area contributed by atoms with Gasteiger partial charge in [-0.05, 0) is 61.0 Å². The predicted octanol–water partition coefficient (Wildman–Crippen LogP) is 5.16. The number of urea groups is 1. The smallest absolute Gasteiger partial charge is 0.325 e. The summed E-state index contributed by atoms with van der Waals surface area (Å²) in [6, 6.07) is 19.9. The Bertz CT molecular complexity index is 1260. The fourth-order valence-corrected chi connectivity index (χ4v) is 4.93. The number of benzene rings is 3. The van der Waals surface area contributed by atoms with Gasteiger partial charge in [-0.2, -0.15) is 0 Å². The second-order valence-electron chi connectivity index (χ2n) is 8.58. The number of halogens is 1. The molecule has 174 valence electrons. The molecule has 34 heavy (non-hydrogen) atoms. The summed E-state index contributed by atoms with van der Waals surface area (Å²) in [5, 5.41) is 6.02. The highest BCUT2D eigenvalue weighted by molar-refractivity contribution is 9.10. The number of hydrogen-bond donors (Lipinski definition) is 2. The number of carbonyl (C=O) groups excluding carboxylic acids is 2. The SMILES string of the molecule is COc1ccc(CNC(=O)c2cccc(N3C(=O)NC4CC3(C)Oc3ccc(Br)cc34)c2)cc1. The Morgan fingerprint density at radius 2 is 2.00 bits per heavy atom. The zero-order valence-corrected chi connectivity index (χ0v) is 20.4. The van der Waals surface area contributed by atoms with E-state index in [0.717, 1.165) is 27.1 Å². The average Bonchev–Trinajstić information content (AvgIpc) is 2.83. The molecule has 2 unspecified atom stereocenters. The van der Waals surface area contributed by atoms with E-state index in [4.69, 9.17) is 9.47 Å². The molecular formula is C26H24BrN3O4. The van der Waals surface area contributed by atoms with E-state index in [9.17, 15) is 9.59 Å². The summed E-state index contributed by atoms with van der Waals surface area (Å²) in [7, 11) is 1.61. The number of ether oxygens (including phenoxy) is 2. The van der Waals surface area contributed by atoms with Gasteiger partial charge in [0, 0.05) is 28.6 Å². The summed E-state index contributed by atoms with van der Waals surface area (Å²) in [6.45, 7) is 2.28. The van der Waals surface area contributed by atoms with Crippen molar-refractivity contribution in [3.63, 3.8) is 0 Å². The highest BCUT2D eigenvalue weighted by Crippen LogP contribution is 2.46. The number of nitrogens with zero attached hydrogens (tertiary/aromatic N) is 1. The minimum atomic E-state index is -0.883. The van der Waals surface area contributed by atoms with Gasteiger partial charge in [0.25, 0.3) is 5.91 Å². The van der Waals surface area contributed by atoms with Crippen LogP contribution in [-0.2, 0) is 6.54 Å². The summed E-state index contributed by atoms with van der Waals surface area (Å²) in [6.07, 6.45) is 0.579. The fraction of sp³-hybridized carbons (Fsp3) is 0.231. The molecule has 2 atom stereocenters. The molecule has 1 saturated heterocycles. The van der Waals surface area contributed by atoms with E-state index in [2.05, 4.69) is 26.6 Å². The fourth-order valence-electron chi connectivity index (χ4n) is 4.55. The van der Waals surface area contributed by atoms with Crippen LogP contribution in [0.3, 0.4) is 0 Å². The largest absolute Gasteiger partial charge is 0.497 e. The molecule has 2 aliphatic heterocycles.